The van der Waals surface area contributed by atoms with Crippen molar-refractivity contribution < 1.29 is 18.5 Å². The molecule has 1 aliphatic heterocycles. The number of rotatable bonds is 4. The highest BCUT2D eigenvalue weighted by molar-refractivity contribution is 7.85. The van der Waals surface area contributed by atoms with Crippen molar-refractivity contribution in [2.75, 3.05) is 11.5 Å². The van der Waals surface area contributed by atoms with Crippen molar-refractivity contribution in [1.82, 2.24) is 5.32 Å². The molecule has 1 fully saturated rings. The Hall–Kier alpha value is -0.910. The molecule has 0 radical (unpaired) electrons. The lowest BCUT2D eigenvalue weighted by Gasteiger charge is -2.23. The summed E-state index contributed by atoms with van der Waals surface area (Å²) in [6, 6.07) is 0.101. The number of nitrogens with one attached hydrogen (secondary N) is 1. The zero-order chi connectivity index (χ0) is 14.5. The molecule has 1 aliphatic rings. The molecule has 0 aliphatic carbocycles. The van der Waals surface area contributed by atoms with Crippen LogP contribution in [0.2, 0.25) is 0 Å². The second-order valence-electron chi connectivity index (χ2n) is 5.78. The maximum Gasteiger partial charge on any atom is 0.306 e. The van der Waals surface area contributed by atoms with Crippen LogP contribution in [0.25, 0.3) is 0 Å². The van der Waals surface area contributed by atoms with Crippen molar-refractivity contribution in [2.45, 2.75) is 58.1 Å². The second kappa shape index (κ2) is 7.03. The minimum atomic E-state index is -0.724. The molecule has 0 atom stereocenters. The van der Waals surface area contributed by atoms with Crippen molar-refractivity contribution in [3.05, 3.63) is 0 Å². The molecule has 1 amide bonds. The fraction of sp³-hybridized carbons (Fsp3) is 0.846. The zero-order valence-electron chi connectivity index (χ0n) is 11.9. The molecule has 0 saturated carbocycles. The summed E-state index contributed by atoms with van der Waals surface area (Å²) in [4.78, 5) is 23.1. The van der Waals surface area contributed by atoms with E-state index >= 15 is 0 Å². The Morgan fingerprint density at radius 2 is 1.79 bits per heavy atom. The van der Waals surface area contributed by atoms with Crippen LogP contribution in [-0.4, -0.2) is 39.2 Å². The first-order chi connectivity index (χ1) is 8.76. The number of carbonyl (C=O) groups excluding carboxylic acids is 2. The molecule has 1 saturated heterocycles. The molecule has 0 spiro atoms. The Morgan fingerprint density at radius 1 is 1.21 bits per heavy atom. The molecule has 5 nitrogen and oxygen atoms in total. The molecule has 19 heavy (non-hydrogen) atoms. The van der Waals surface area contributed by atoms with Crippen molar-refractivity contribution in [3.8, 4) is 0 Å². The summed E-state index contributed by atoms with van der Waals surface area (Å²) >= 11 is 0. The van der Waals surface area contributed by atoms with Crippen LogP contribution >= 0.6 is 0 Å². The van der Waals surface area contributed by atoms with Gasteiger partial charge in [-0.25, -0.2) is 0 Å². The summed E-state index contributed by atoms with van der Waals surface area (Å²) in [5.41, 5.74) is -0.513. The molecule has 0 unspecified atom stereocenters. The van der Waals surface area contributed by atoms with Gasteiger partial charge in [0.2, 0.25) is 5.91 Å². The SMILES string of the molecule is CC(C)(C)OC(=O)CCC(=O)NC1CCS(=O)CC1. The van der Waals surface area contributed by atoms with E-state index in [4.69, 9.17) is 4.74 Å². The van der Waals surface area contributed by atoms with E-state index in [1.165, 1.54) is 0 Å². The molecule has 1 heterocycles. The van der Waals surface area contributed by atoms with Crippen LogP contribution in [-0.2, 0) is 25.1 Å². The Morgan fingerprint density at radius 3 is 2.32 bits per heavy atom. The smallest absolute Gasteiger partial charge is 0.306 e. The van der Waals surface area contributed by atoms with E-state index in [1.54, 1.807) is 20.8 Å². The lowest BCUT2D eigenvalue weighted by Crippen LogP contribution is -2.39. The highest BCUT2D eigenvalue weighted by Gasteiger charge is 2.21. The Balaban J connectivity index is 2.21. The third kappa shape index (κ3) is 7.30. The topological polar surface area (TPSA) is 72.5 Å². The lowest BCUT2D eigenvalue weighted by atomic mass is 10.1. The van der Waals surface area contributed by atoms with Crippen molar-refractivity contribution in [2.24, 2.45) is 0 Å². The average Bonchev–Trinajstić information content (AvgIpc) is 2.27. The van der Waals surface area contributed by atoms with Crippen LogP contribution in [0.1, 0.15) is 46.5 Å². The zero-order valence-corrected chi connectivity index (χ0v) is 12.7. The van der Waals surface area contributed by atoms with Crippen LogP contribution in [0.3, 0.4) is 0 Å². The van der Waals surface area contributed by atoms with E-state index in [2.05, 4.69) is 5.32 Å². The minimum absolute atomic E-state index is 0.0990. The van der Waals surface area contributed by atoms with Gasteiger partial charge >= 0.3 is 5.97 Å². The van der Waals surface area contributed by atoms with Gasteiger partial charge in [-0.3, -0.25) is 13.8 Å². The van der Waals surface area contributed by atoms with Crippen molar-refractivity contribution in [3.63, 3.8) is 0 Å². The van der Waals surface area contributed by atoms with Crippen LogP contribution in [0.5, 0.6) is 0 Å². The van der Waals surface area contributed by atoms with Gasteiger partial charge in [0.25, 0.3) is 0 Å². The van der Waals surface area contributed by atoms with Crippen molar-refractivity contribution in [1.29, 1.82) is 0 Å². The standard InChI is InChI=1S/C13H23NO4S/c1-13(2,3)18-12(16)5-4-11(15)14-10-6-8-19(17)9-7-10/h10H,4-9H2,1-3H3,(H,14,15). The van der Waals surface area contributed by atoms with Gasteiger partial charge in [-0.15, -0.1) is 0 Å². The van der Waals surface area contributed by atoms with Gasteiger partial charge in [0.1, 0.15) is 5.60 Å². The minimum Gasteiger partial charge on any atom is -0.460 e. The molecule has 0 aromatic carbocycles. The first kappa shape index (κ1) is 16.1. The van der Waals surface area contributed by atoms with E-state index < -0.39 is 16.4 Å². The molecule has 110 valence electrons. The van der Waals surface area contributed by atoms with E-state index in [-0.39, 0.29) is 30.8 Å². The molecule has 0 aromatic rings. The lowest BCUT2D eigenvalue weighted by molar-refractivity contribution is -0.155. The summed E-state index contributed by atoms with van der Waals surface area (Å²) in [6.07, 6.45) is 1.76. The molecule has 0 aromatic heterocycles. The Labute approximate surface area is 116 Å². The normalized spacial score (nSPS) is 23.7. The highest BCUT2D eigenvalue weighted by Crippen LogP contribution is 2.11. The summed E-state index contributed by atoms with van der Waals surface area (Å²) in [7, 11) is -0.724. The maximum absolute atomic E-state index is 11.7. The number of carbonyl (C=O) groups is 2. The Bertz CT molecular complexity index is 352. The largest absolute Gasteiger partial charge is 0.460 e. The molecule has 6 heteroatoms. The first-order valence-corrected chi connectivity index (χ1v) is 8.11. The first-order valence-electron chi connectivity index (χ1n) is 6.62. The molecule has 0 bridgehead atoms. The average molecular weight is 289 g/mol. The van der Waals surface area contributed by atoms with Gasteiger partial charge in [-0.05, 0) is 33.6 Å². The fourth-order valence-corrected chi connectivity index (χ4v) is 3.15. The van der Waals surface area contributed by atoms with Gasteiger partial charge < -0.3 is 10.1 Å². The van der Waals surface area contributed by atoms with E-state index in [0.717, 1.165) is 12.8 Å². The molecule has 1 N–H and O–H groups in total. The maximum atomic E-state index is 11.7. The van der Waals surface area contributed by atoms with E-state index in [9.17, 15) is 13.8 Å². The molecular weight excluding hydrogens is 266 g/mol. The van der Waals surface area contributed by atoms with Gasteiger partial charge in [0.15, 0.2) is 0 Å². The molecular formula is C13H23NO4S. The van der Waals surface area contributed by atoms with Crippen LogP contribution in [0.15, 0.2) is 0 Å². The predicted octanol–water partition coefficient (Wildman–Crippen LogP) is 1.14. The summed E-state index contributed by atoms with van der Waals surface area (Å²) in [5.74, 6) is 0.810. The summed E-state index contributed by atoms with van der Waals surface area (Å²) in [5, 5.41) is 2.88. The summed E-state index contributed by atoms with van der Waals surface area (Å²) < 4.78 is 16.3. The van der Waals surface area contributed by atoms with Crippen molar-refractivity contribution >= 4 is 22.7 Å². The predicted molar refractivity (Wildman–Crippen MR) is 74.1 cm³/mol. The van der Waals surface area contributed by atoms with Gasteiger partial charge in [0.05, 0.1) is 6.42 Å². The number of hydrogen-bond donors (Lipinski definition) is 1. The number of hydrogen-bond acceptors (Lipinski definition) is 4. The van der Waals surface area contributed by atoms with Crippen LogP contribution in [0, 0.1) is 0 Å². The fourth-order valence-electron chi connectivity index (χ4n) is 1.85. The molecule has 1 rings (SSSR count). The number of esters is 1. The number of ether oxygens (including phenoxy) is 1. The second-order valence-corrected chi connectivity index (χ2v) is 7.47. The third-order valence-corrected chi connectivity index (χ3v) is 4.11. The number of amides is 1. The summed E-state index contributed by atoms with van der Waals surface area (Å²) in [6.45, 7) is 5.40. The van der Waals surface area contributed by atoms with Gasteiger partial charge in [-0.2, -0.15) is 0 Å². The van der Waals surface area contributed by atoms with Gasteiger partial charge in [0, 0.05) is 34.8 Å². The van der Waals surface area contributed by atoms with Gasteiger partial charge in [-0.1, -0.05) is 0 Å². The highest BCUT2D eigenvalue weighted by atomic mass is 32.2. The third-order valence-electron chi connectivity index (χ3n) is 2.73. The van der Waals surface area contributed by atoms with E-state index in [0.29, 0.717) is 11.5 Å². The van der Waals surface area contributed by atoms with Crippen LogP contribution in [0.4, 0.5) is 0 Å². The Kier molecular flexibility index (Phi) is 5.97. The van der Waals surface area contributed by atoms with E-state index in [1.807, 2.05) is 0 Å². The quantitative estimate of drug-likeness (QED) is 0.788. The monoisotopic (exact) mass is 289 g/mol. The van der Waals surface area contributed by atoms with Crippen LogP contribution < -0.4 is 5.32 Å².